The summed E-state index contributed by atoms with van der Waals surface area (Å²) >= 11 is 1.29. The maximum Gasteiger partial charge on any atom is 0.338 e. The monoisotopic (exact) mass is 434 g/mol. The molecule has 0 radical (unpaired) electrons. The molecule has 0 aliphatic carbocycles. The third-order valence-electron chi connectivity index (χ3n) is 4.96. The van der Waals surface area contributed by atoms with Gasteiger partial charge >= 0.3 is 5.97 Å². The third kappa shape index (κ3) is 4.09. The largest absolute Gasteiger partial charge is 0.465 e. The van der Waals surface area contributed by atoms with Crippen LogP contribution >= 0.6 is 11.3 Å². The first-order valence-electron chi connectivity index (χ1n) is 9.96. The van der Waals surface area contributed by atoms with Crippen LogP contribution in [0.3, 0.4) is 0 Å². The van der Waals surface area contributed by atoms with Crippen LogP contribution in [-0.4, -0.2) is 17.1 Å². The van der Waals surface area contributed by atoms with Gasteiger partial charge in [-0.3, -0.25) is 9.36 Å². The van der Waals surface area contributed by atoms with Crippen molar-refractivity contribution in [2.75, 3.05) is 6.61 Å². The summed E-state index contributed by atoms with van der Waals surface area (Å²) in [5.74, 6) is 0.239. The van der Waals surface area contributed by atoms with E-state index in [1.165, 1.54) is 11.3 Å². The zero-order valence-corrected chi connectivity index (χ0v) is 18.3. The standard InChI is InChI=1S/C24H22N2O4S/c1-4-29-23(28)20-16(3)25-24-26(21(20)17-12-10-15(2)11-13-17)22(27)19(31-24)9-5-7-18-8-6-14-30-18/h5-14,21H,4H2,1-3H3/b7-5+,19-9+/t21-/m0/s1. The lowest BCUT2D eigenvalue weighted by molar-refractivity contribution is -0.139. The first-order chi connectivity index (χ1) is 15.0. The summed E-state index contributed by atoms with van der Waals surface area (Å²) in [6.07, 6.45) is 6.88. The molecule has 0 bridgehead atoms. The fourth-order valence-corrected chi connectivity index (χ4v) is 4.48. The smallest absolute Gasteiger partial charge is 0.338 e. The van der Waals surface area contributed by atoms with Gasteiger partial charge in [-0.25, -0.2) is 9.79 Å². The lowest BCUT2D eigenvalue weighted by Gasteiger charge is -2.24. The van der Waals surface area contributed by atoms with E-state index >= 15 is 0 Å². The number of furan rings is 1. The number of thiazole rings is 1. The Morgan fingerprint density at radius 2 is 2.03 bits per heavy atom. The minimum absolute atomic E-state index is 0.201. The molecule has 1 atom stereocenters. The molecule has 0 spiro atoms. The Balaban J connectivity index is 1.87. The molecule has 3 aromatic rings. The molecular weight excluding hydrogens is 412 g/mol. The van der Waals surface area contributed by atoms with E-state index in [0.29, 0.717) is 26.4 Å². The van der Waals surface area contributed by atoms with Crippen molar-refractivity contribution in [3.63, 3.8) is 0 Å². The summed E-state index contributed by atoms with van der Waals surface area (Å²) < 4.78 is 12.7. The van der Waals surface area contributed by atoms with Crippen LogP contribution in [0.5, 0.6) is 0 Å². The molecular formula is C24H22N2O4S. The summed E-state index contributed by atoms with van der Waals surface area (Å²) in [5.41, 5.74) is 2.67. The molecule has 7 heteroatoms. The summed E-state index contributed by atoms with van der Waals surface area (Å²) in [7, 11) is 0. The van der Waals surface area contributed by atoms with Gasteiger partial charge in [-0.1, -0.05) is 47.2 Å². The highest BCUT2D eigenvalue weighted by Crippen LogP contribution is 2.30. The van der Waals surface area contributed by atoms with Crippen molar-refractivity contribution in [3.05, 3.63) is 96.6 Å². The number of rotatable bonds is 5. The maximum absolute atomic E-state index is 13.3. The normalized spacial score (nSPS) is 16.5. The van der Waals surface area contributed by atoms with Gasteiger partial charge in [0.05, 0.1) is 34.7 Å². The number of benzene rings is 1. The number of ether oxygens (including phenoxy) is 1. The molecule has 2 aromatic heterocycles. The Hall–Kier alpha value is -3.45. The van der Waals surface area contributed by atoms with E-state index in [1.54, 1.807) is 49.0 Å². The van der Waals surface area contributed by atoms with Gasteiger partial charge in [0.1, 0.15) is 5.76 Å². The van der Waals surface area contributed by atoms with Crippen LogP contribution in [0.1, 0.15) is 36.8 Å². The minimum atomic E-state index is -0.591. The average molecular weight is 435 g/mol. The second-order valence-electron chi connectivity index (χ2n) is 7.11. The van der Waals surface area contributed by atoms with Gasteiger partial charge in [0.15, 0.2) is 4.80 Å². The zero-order chi connectivity index (χ0) is 22.0. The lowest BCUT2D eigenvalue weighted by Crippen LogP contribution is -2.39. The van der Waals surface area contributed by atoms with Crippen molar-refractivity contribution < 1.29 is 13.9 Å². The van der Waals surface area contributed by atoms with Gasteiger partial charge in [-0.05, 0) is 50.6 Å². The second-order valence-corrected chi connectivity index (χ2v) is 8.12. The molecule has 0 fully saturated rings. The Kier molecular flexibility index (Phi) is 5.86. The average Bonchev–Trinajstić information content (AvgIpc) is 3.36. The first kappa shape index (κ1) is 20.8. The van der Waals surface area contributed by atoms with Crippen molar-refractivity contribution in [1.82, 2.24) is 4.57 Å². The topological polar surface area (TPSA) is 73.8 Å². The van der Waals surface area contributed by atoms with Crippen molar-refractivity contribution in [1.29, 1.82) is 0 Å². The fraction of sp³-hybridized carbons (Fsp3) is 0.208. The van der Waals surface area contributed by atoms with Crippen LogP contribution in [0.15, 0.2) is 74.2 Å². The molecule has 1 aromatic carbocycles. The summed E-state index contributed by atoms with van der Waals surface area (Å²) in [6, 6.07) is 10.8. The molecule has 0 saturated heterocycles. The predicted octanol–water partition coefficient (Wildman–Crippen LogP) is 3.36. The number of nitrogens with zero attached hydrogens (tertiary/aromatic N) is 2. The van der Waals surface area contributed by atoms with E-state index in [9.17, 15) is 9.59 Å². The summed E-state index contributed by atoms with van der Waals surface area (Å²) in [4.78, 5) is 31.3. The Morgan fingerprint density at radius 3 is 2.71 bits per heavy atom. The highest BCUT2D eigenvalue weighted by molar-refractivity contribution is 7.07. The molecule has 31 heavy (non-hydrogen) atoms. The maximum atomic E-state index is 13.3. The summed E-state index contributed by atoms with van der Waals surface area (Å²) in [5, 5.41) is 0. The number of aromatic nitrogens is 1. The first-order valence-corrected chi connectivity index (χ1v) is 10.8. The minimum Gasteiger partial charge on any atom is -0.465 e. The van der Waals surface area contributed by atoms with Crippen molar-refractivity contribution in [2.24, 2.45) is 4.99 Å². The second kappa shape index (κ2) is 8.73. The van der Waals surface area contributed by atoms with Crippen molar-refractivity contribution >= 4 is 29.5 Å². The summed E-state index contributed by atoms with van der Waals surface area (Å²) in [6.45, 7) is 5.78. The molecule has 3 heterocycles. The van der Waals surface area contributed by atoms with E-state index in [1.807, 2.05) is 37.3 Å². The molecule has 0 amide bonds. The van der Waals surface area contributed by atoms with E-state index in [-0.39, 0.29) is 12.2 Å². The molecule has 0 N–H and O–H groups in total. The molecule has 6 nitrogen and oxygen atoms in total. The van der Waals surface area contributed by atoms with Crippen LogP contribution in [0.25, 0.3) is 12.2 Å². The number of aryl methyl sites for hydroxylation is 1. The van der Waals surface area contributed by atoms with Crippen molar-refractivity contribution in [3.8, 4) is 0 Å². The van der Waals surface area contributed by atoms with Gasteiger partial charge in [0, 0.05) is 0 Å². The van der Waals surface area contributed by atoms with Crippen LogP contribution in [0.4, 0.5) is 0 Å². The van der Waals surface area contributed by atoms with Gasteiger partial charge in [-0.15, -0.1) is 0 Å². The quantitative estimate of drug-likeness (QED) is 0.577. The number of carbonyl (C=O) groups is 1. The van der Waals surface area contributed by atoms with Crippen LogP contribution in [-0.2, 0) is 9.53 Å². The number of carbonyl (C=O) groups excluding carboxylic acids is 1. The van der Waals surface area contributed by atoms with E-state index in [4.69, 9.17) is 9.15 Å². The Morgan fingerprint density at radius 1 is 1.26 bits per heavy atom. The number of esters is 1. The van der Waals surface area contributed by atoms with Gasteiger partial charge in [0.25, 0.3) is 5.56 Å². The van der Waals surface area contributed by atoms with Crippen LogP contribution < -0.4 is 14.9 Å². The Bertz CT molecular complexity index is 1340. The molecule has 4 rings (SSSR count). The van der Waals surface area contributed by atoms with E-state index in [0.717, 1.165) is 11.1 Å². The van der Waals surface area contributed by atoms with Crippen molar-refractivity contribution in [2.45, 2.75) is 26.8 Å². The predicted molar refractivity (Wildman–Crippen MR) is 120 cm³/mol. The van der Waals surface area contributed by atoms with E-state index < -0.39 is 12.0 Å². The van der Waals surface area contributed by atoms with Gasteiger partial charge in [-0.2, -0.15) is 0 Å². The van der Waals surface area contributed by atoms with Gasteiger partial charge in [0.2, 0.25) is 0 Å². The SMILES string of the molecule is CCOC(=O)C1=C(C)N=c2s/c(=C/C=C/c3ccco3)c(=O)n2[C@H]1c1ccc(C)cc1. The number of fused-ring (bicyclic) bond motifs is 1. The zero-order valence-electron chi connectivity index (χ0n) is 17.5. The fourth-order valence-electron chi connectivity index (χ4n) is 3.49. The highest BCUT2D eigenvalue weighted by Gasteiger charge is 2.33. The molecule has 1 aliphatic heterocycles. The molecule has 0 saturated carbocycles. The van der Waals surface area contributed by atoms with Crippen LogP contribution in [0.2, 0.25) is 0 Å². The van der Waals surface area contributed by atoms with Gasteiger partial charge < -0.3 is 9.15 Å². The number of hydrogen-bond donors (Lipinski definition) is 0. The number of hydrogen-bond acceptors (Lipinski definition) is 6. The molecule has 158 valence electrons. The third-order valence-corrected chi connectivity index (χ3v) is 5.96. The van der Waals surface area contributed by atoms with Crippen LogP contribution in [0, 0.1) is 6.92 Å². The highest BCUT2D eigenvalue weighted by atomic mass is 32.1. The lowest BCUT2D eigenvalue weighted by atomic mass is 9.95. The van der Waals surface area contributed by atoms with E-state index in [2.05, 4.69) is 4.99 Å². The Labute approximate surface area is 183 Å². The molecule has 1 aliphatic rings. The number of allylic oxidation sites excluding steroid dienone is 2. The molecule has 0 unspecified atom stereocenters.